The third-order valence-electron chi connectivity index (χ3n) is 2.37. The van der Waals surface area contributed by atoms with Gasteiger partial charge in [-0.3, -0.25) is 0 Å². The maximum atomic E-state index is 9.01. The first-order chi connectivity index (χ1) is 7.76. The van der Waals surface area contributed by atoms with E-state index in [1.165, 1.54) is 0 Å². The van der Waals surface area contributed by atoms with E-state index in [9.17, 15) is 0 Å². The summed E-state index contributed by atoms with van der Waals surface area (Å²) in [5, 5.41) is 12.0. The minimum Gasteiger partial charge on any atom is -0.395 e. The minimum absolute atomic E-state index is 0.101. The molecule has 0 saturated carbocycles. The summed E-state index contributed by atoms with van der Waals surface area (Å²) in [7, 11) is 0. The predicted molar refractivity (Wildman–Crippen MR) is 66.8 cm³/mol. The van der Waals surface area contributed by atoms with Crippen molar-refractivity contribution in [1.29, 1.82) is 0 Å². The van der Waals surface area contributed by atoms with E-state index in [1.807, 2.05) is 23.3 Å². The average Bonchev–Trinajstić information content (AvgIpc) is 2.72. The standard InChI is InChI=1S/C10H14N4OS/c1-2-14(4-5-15)8-7-3-6-16-9(7)13-10(11)12-8/h3,6,15H,2,4-5H2,1H3,(H2,11,12,13). The summed E-state index contributed by atoms with van der Waals surface area (Å²) in [6, 6.07) is 1.98. The summed E-state index contributed by atoms with van der Waals surface area (Å²) >= 11 is 1.54. The van der Waals surface area contributed by atoms with E-state index in [2.05, 4.69) is 9.97 Å². The summed E-state index contributed by atoms with van der Waals surface area (Å²) in [6.07, 6.45) is 0. The molecule has 0 bridgehead atoms. The Kier molecular flexibility index (Phi) is 3.21. The second-order valence-electron chi connectivity index (χ2n) is 3.35. The zero-order valence-corrected chi connectivity index (χ0v) is 9.87. The largest absolute Gasteiger partial charge is 0.395 e. The van der Waals surface area contributed by atoms with Gasteiger partial charge in [0.05, 0.1) is 12.0 Å². The van der Waals surface area contributed by atoms with Crippen molar-refractivity contribution in [2.75, 3.05) is 30.3 Å². The lowest BCUT2D eigenvalue weighted by Crippen LogP contribution is -2.27. The molecule has 5 nitrogen and oxygen atoms in total. The van der Waals surface area contributed by atoms with Crippen LogP contribution >= 0.6 is 11.3 Å². The lowest BCUT2D eigenvalue weighted by molar-refractivity contribution is 0.302. The molecular formula is C10H14N4OS. The summed E-state index contributed by atoms with van der Waals surface area (Å²) in [5.74, 6) is 1.08. The Balaban J connectivity index is 2.52. The van der Waals surface area contributed by atoms with Gasteiger partial charge in [-0.2, -0.15) is 4.98 Å². The van der Waals surface area contributed by atoms with Gasteiger partial charge in [0.2, 0.25) is 5.95 Å². The first-order valence-electron chi connectivity index (χ1n) is 5.12. The highest BCUT2D eigenvalue weighted by molar-refractivity contribution is 7.16. The molecule has 3 N–H and O–H groups in total. The molecule has 0 atom stereocenters. The van der Waals surface area contributed by atoms with Crippen LogP contribution in [0.3, 0.4) is 0 Å². The first kappa shape index (κ1) is 11.1. The number of likely N-dealkylation sites (N-methyl/N-ethyl adjacent to an activating group) is 1. The normalized spacial score (nSPS) is 10.9. The number of hydrogen-bond acceptors (Lipinski definition) is 6. The van der Waals surface area contributed by atoms with Gasteiger partial charge < -0.3 is 15.7 Å². The highest BCUT2D eigenvalue weighted by atomic mass is 32.1. The van der Waals surface area contributed by atoms with Crippen LogP contribution in [0.4, 0.5) is 11.8 Å². The van der Waals surface area contributed by atoms with E-state index in [0.29, 0.717) is 6.54 Å². The second kappa shape index (κ2) is 4.63. The van der Waals surface area contributed by atoms with Crippen LogP contribution in [0.5, 0.6) is 0 Å². The van der Waals surface area contributed by atoms with E-state index in [0.717, 1.165) is 22.6 Å². The fourth-order valence-corrected chi connectivity index (χ4v) is 2.40. The number of fused-ring (bicyclic) bond motifs is 1. The van der Waals surface area contributed by atoms with E-state index in [1.54, 1.807) is 11.3 Å². The number of nitrogens with two attached hydrogens (primary N) is 1. The molecule has 2 rings (SSSR count). The summed E-state index contributed by atoms with van der Waals surface area (Å²) in [6.45, 7) is 3.45. The summed E-state index contributed by atoms with van der Waals surface area (Å²) in [4.78, 5) is 11.3. The van der Waals surface area contributed by atoms with Crippen LogP contribution in [0.1, 0.15) is 6.92 Å². The molecule has 0 spiro atoms. The minimum atomic E-state index is 0.101. The van der Waals surface area contributed by atoms with Gasteiger partial charge in [-0.25, -0.2) is 4.98 Å². The highest BCUT2D eigenvalue weighted by Crippen LogP contribution is 2.28. The summed E-state index contributed by atoms with van der Waals surface area (Å²) in [5.41, 5.74) is 5.67. The van der Waals surface area contributed by atoms with Crippen LogP contribution in [-0.4, -0.2) is 34.8 Å². The number of aromatic nitrogens is 2. The highest BCUT2D eigenvalue weighted by Gasteiger charge is 2.12. The Labute approximate surface area is 97.5 Å². The fraction of sp³-hybridized carbons (Fsp3) is 0.400. The first-order valence-corrected chi connectivity index (χ1v) is 6.00. The quantitative estimate of drug-likeness (QED) is 0.834. The van der Waals surface area contributed by atoms with E-state index >= 15 is 0 Å². The Morgan fingerprint density at radius 1 is 1.50 bits per heavy atom. The van der Waals surface area contributed by atoms with Crippen molar-refractivity contribution in [3.8, 4) is 0 Å². The number of aliphatic hydroxyl groups excluding tert-OH is 1. The van der Waals surface area contributed by atoms with Gasteiger partial charge in [0.15, 0.2) is 0 Å². The topological polar surface area (TPSA) is 75.3 Å². The molecule has 0 aromatic carbocycles. The molecule has 6 heteroatoms. The Morgan fingerprint density at radius 2 is 2.31 bits per heavy atom. The molecular weight excluding hydrogens is 224 g/mol. The molecule has 0 unspecified atom stereocenters. The SMILES string of the molecule is CCN(CCO)c1nc(N)nc2sccc12. The van der Waals surface area contributed by atoms with Crippen LogP contribution in [0.15, 0.2) is 11.4 Å². The molecule has 0 radical (unpaired) electrons. The van der Waals surface area contributed by atoms with Gasteiger partial charge in [0.1, 0.15) is 10.6 Å². The lowest BCUT2D eigenvalue weighted by atomic mass is 10.3. The molecule has 0 fully saturated rings. The van der Waals surface area contributed by atoms with Gasteiger partial charge >= 0.3 is 0 Å². The van der Waals surface area contributed by atoms with Crippen LogP contribution in [0.25, 0.3) is 10.2 Å². The van der Waals surface area contributed by atoms with Gasteiger partial charge in [-0.1, -0.05) is 0 Å². The molecule has 2 aromatic heterocycles. The van der Waals surface area contributed by atoms with Gasteiger partial charge in [0, 0.05) is 13.1 Å². The van der Waals surface area contributed by atoms with Crippen LogP contribution in [0.2, 0.25) is 0 Å². The van der Waals surface area contributed by atoms with Gasteiger partial charge in [-0.05, 0) is 18.4 Å². The number of nitrogens with zero attached hydrogens (tertiary/aromatic N) is 3. The molecule has 16 heavy (non-hydrogen) atoms. The van der Waals surface area contributed by atoms with Crippen LogP contribution < -0.4 is 10.6 Å². The zero-order valence-electron chi connectivity index (χ0n) is 9.05. The molecule has 0 saturated heterocycles. The maximum absolute atomic E-state index is 9.01. The van der Waals surface area contributed by atoms with Crippen molar-refractivity contribution in [1.82, 2.24) is 9.97 Å². The van der Waals surface area contributed by atoms with E-state index in [-0.39, 0.29) is 12.6 Å². The van der Waals surface area contributed by atoms with Gasteiger partial charge in [0.25, 0.3) is 0 Å². The monoisotopic (exact) mass is 238 g/mol. The van der Waals surface area contributed by atoms with Crippen LogP contribution in [-0.2, 0) is 0 Å². The molecule has 0 aliphatic heterocycles. The van der Waals surface area contributed by atoms with Crippen molar-refractivity contribution in [2.24, 2.45) is 0 Å². The Hall–Kier alpha value is -1.40. The predicted octanol–water partition coefficient (Wildman–Crippen LogP) is 1.09. The smallest absolute Gasteiger partial charge is 0.223 e. The number of hydrogen-bond donors (Lipinski definition) is 2. The van der Waals surface area contributed by atoms with Crippen molar-refractivity contribution in [3.05, 3.63) is 11.4 Å². The lowest BCUT2D eigenvalue weighted by Gasteiger charge is -2.21. The van der Waals surface area contributed by atoms with Crippen molar-refractivity contribution >= 4 is 33.3 Å². The number of thiophene rings is 1. The van der Waals surface area contributed by atoms with Crippen molar-refractivity contribution in [2.45, 2.75) is 6.92 Å². The third kappa shape index (κ3) is 1.94. The number of anilines is 2. The molecule has 2 aromatic rings. The molecule has 0 amide bonds. The molecule has 86 valence electrons. The van der Waals surface area contributed by atoms with Gasteiger partial charge in [-0.15, -0.1) is 11.3 Å². The Bertz CT molecular complexity index is 485. The number of nitrogen functional groups attached to an aromatic ring is 1. The third-order valence-corrected chi connectivity index (χ3v) is 3.18. The second-order valence-corrected chi connectivity index (χ2v) is 4.24. The van der Waals surface area contributed by atoms with Crippen molar-refractivity contribution < 1.29 is 5.11 Å². The van der Waals surface area contributed by atoms with Crippen LogP contribution in [0, 0.1) is 0 Å². The molecule has 0 aliphatic rings. The number of aliphatic hydroxyl groups is 1. The van der Waals surface area contributed by atoms with Crippen molar-refractivity contribution in [3.63, 3.8) is 0 Å². The fourth-order valence-electron chi connectivity index (χ4n) is 1.63. The number of rotatable bonds is 4. The maximum Gasteiger partial charge on any atom is 0.223 e. The van der Waals surface area contributed by atoms with E-state index < -0.39 is 0 Å². The molecule has 2 heterocycles. The Morgan fingerprint density at radius 3 is 3.00 bits per heavy atom. The summed E-state index contributed by atoms with van der Waals surface area (Å²) < 4.78 is 0. The zero-order chi connectivity index (χ0) is 11.5. The molecule has 0 aliphatic carbocycles. The average molecular weight is 238 g/mol. The van der Waals surface area contributed by atoms with E-state index in [4.69, 9.17) is 10.8 Å².